The van der Waals surface area contributed by atoms with Gasteiger partial charge in [0.15, 0.2) is 11.6 Å². The molecule has 3 rings (SSSR count). The van der Waals surface area contributed by atoms with Crippen molar-refractivity contribution in [1.82, 2.24) is 0 Å². The SMILES string of the molecule is CC(=O)C1=CC(=O)/C(=C/c2ccccc2)[C@@H]1c1ccccc1. The summed E-state index contributed by atoms with van der Waals surface area (Å²) in [6.45, 7) is 1.51. The Morgan fingerprint density at radius 2 is 1.55 bits per heavy atom. The first-order chi connectivity index (χ1) is 10.7. The average molecular weight is 288 g/mol. The van der Waals surface area contributed by atoms with E-state index in [-0.39, 0.29) is 17.5 Å². The number of hydrogen-bond donors (Lipinski definition) is 0. The maximum atomic E-state index is 12.4. The molecule has 0 fully saturated rings. The van der Waals surface area contributed by atoms with Crippen molar-refractivity contribution in [2.75, 3.05) is 0 Å². The zero-order valence-corrected chi connectivity index (χ0v) is 12.3. The van der Waals surface area contributed by atoms with Crippen LogP contribution in [0.1, 0.15) is 24.0 Å². The van der Waals surface area contributed by atoms with Gasteiger partial charge in [-0.2, -0.15) is 0 Å². The number of Topliss-reactive ketones (excluding diaryl/α,β-unsaturated/α-hetero) is 1. The second-order valence-corrected chi connectivity index (χ2v) is 5.37. The van der Waals surface area contributed by atoms with Crippen LogP contribution >= 0.6 is 0 Å². The summed E-state index contributed by atoms with van der Waals surface area (Å²) >= 11 is 0. The summed E-state index contributed by atoms with van der Waals surface area (Å²) in [6.07, 6.45) is 3.36. The van der Waals surface area contributed by atoms with E-state index < -0.39 is 0 Å². The minimum atomic E-state index is -0.272. The van der Waals surface area contributed by atoms with Crippen molar-refractivity contribution in [3.05, 3.63) is 89.0 Å². The Balaban J connectivity index is 2.11. The molecule has 1 aliphatic carbocycles. The fourth-order valence-electron chi connectivity index (χ4n) is 2.81. The number of benzene rings is 2. The van der Waals surface area contributed by atoms with E-state index in [0.29, 0.717) is 11.1 Å². The highest BCUT2D eigenvalue weighted by Gasteiger charge is 2.33. The highest BCUT2D eigenvalue weighted by molar-refractivity contribution is 6.18. The maximum absolute atomic E-state index is 12.4. The molecule has 22 heavy (non-hydrogen) atoms. The lowest BCUT2D eigenvalue weighted by molar-refractivity contribution is -0.114. The Morgan fingerprint density at radius 1 is 0.955 bits per heavy atom. The Labute approximate surface area is 129 Å². The molecule has 2 aromatic carbocycles. The van der Waals surface area contributed by atoms with Gasteiger partial charge in [-0.1, -0.05) is 60.7 Å². The second-order valence-electron chi connectivity index (χ2n) is 5.37. The molecule has 0 heterocycles. The molecule has 0 amide bonds. The molecule has 0 bridgehead atoms. The van der Waals surface area contributed by atoms with Crippen molar-refractivity contribution in [1.29, 1.82) is 0 Å². The van der Waals surface area contributed by atoms with Crippen LogP contribution in [0.25, 0.3) is 6.08 Å². The normalized spacial score (nSPS) is 19.3. The van der Waals surface area contributed by atoms with Gasteiger partial charge >= 0.3 is 0 Å². The summed E-state index contributed by atoms with van der Waals surface area (Å²) in [5, 5.41) is 0. The zero-order valence-electron chi connectivity index (χ0n) is 12.3. The molecular formula is C20H16O2. The topological polar surface area (TPSA) is 34.1 Å². The molecule has 0 radical (unpaired) electrons. The molecule has 2 nitrogen and oxygen atoms in total. The average Bonchev–Trinajstić information content (AvgIpc) is 2.86. The van der Waals surface area contributed by atoms with Crippen molar-refractivity contribution in [3.8, 4) is 0 Å². The van der Waals surface area contributed by atoms with Crippen molar-refractivity contribution in [2.24, 2.45) is 0 Å². The Morgan fingerprint density at radius 3 is 2.14 bits per heavy atom. The number of allylic oxidation sites excluding steroid dienone is 3. The van der Waals surface area contributed by atoms with E-state index in [0.717, 1.165) is 11.1 Å². The molecule has 0 aliphatic heterocycles. The number of ketones is 2. The molecule has 0 spiro atoms. The number of carbonyl (C=O) groups is 2. The van der Waals surface area contributed by atoms with Crippen LogP contribution in [0.5, 0.6) is 0 Å². The van der Waals surface area contributed by atoms with Crippen LogP contribution in [0.15, 0.2) is 77.9 Å². The summed E-state index contributed by atoms with van der Waals surface area (Å²) < 4.78 is 0. The lowest BCUT2D eigenvalue weighted by Crippen LogP contribution is -2.08. The molecule has 0 saturated carbocycles. The van der Waals surface area contributed by atoms with Crippen LogP contribution in [0.2, 0.25) is 0 Å². The first-order valence-corrected chi connectivity index (χ1v) is 7.25. The minimum Gasteiger partial charge on any atom is -0.295 e. The van der Waals surface area contributed by atoms with E-state index >= 15 is 0 Å². The number of hydrogen-bond acceptors (Lipinski definition) is 2. The maximum Gasteiger partial charge on any atom is 0.183 e. The molecule has 2 aromatic rings. The third kappa shape index (κ3) is 2.68. The Hall–Kier alpha value is -2.74. The molecule has 2 heteroatoms. The molecule has 1 aliphatic rings. The molecule has 1 atom stereocenters. The van der Waals surface area contributed by atoms with Crippen LogP contribution in [-0.4, -0.2) is 11.6 Å². The largest absolute Gasteiger partial charge is 0.295 e. The minimum absolute atomic E-state index is 0.0568. The Kier molecular flexibility index (Phi) is 3.84. The smallest absolute Gasteiger partial charge is 0.183 e. The van der Waals surface area contributed by atoms with E-state index in [1.807, 2.05) is 66.7 Å². The van der Waals surface area contributed by atoms with Crippen molar-refractivity contribution < 1.29 is 9.59 Å². The first-order valence-electron chi connectivity index (χ1n) is 7.25. The van der Waals surface area contributed by atoms with Gasteiger partial charge < -0.3 is 0 Å². The standard InChI is InChI=1S/C20H16O2/c1-14(21)17-13-19(22)18(12-15-8-4-2-5-9-15)20(17)16-10-6-3-7-11-16/h2-13,20H,1H3/b18-12-/t20-/m1/s1. The predicted octanol–water partition coefficient (Wildman–Crippen LogP) is 3.95. The molecule has 0 saturated heterocycles. The highest BCUT2D eigenvalue weighted by atomic mass is 16.1. The van der Waals surface area contributed by atoms with Gasteiger partial charge in [0, 0.05) is 17.1 Å². The van der Waals surface area contributed by atoms with E-state index in [1.54, 1.807) is 0 Å². The lowest BCUT2D eigenvalue weighted by atomic mass is 9.86. The quantitative estimate of drug-likeness (QED) is 0.801. The summed E-state index contributed by atoms with van der Waals surface area (Å²) in [5.41, 5.74) is 3.16. The van der Waals surface area contributed by atoms with Crippen LogP contribution in [0, 0.1) is 0 Å². The fourth-order valence-corrected chi connectivity index (χ4v) is 2.81. The van der Waals surface area contributed by atoms with Gasteiger partial charge in [0.2, 0.25) is 0 Å². The second kappa shape index (κ2) is 5.94. The number of carbonyl (C=O) groups excluding carboxylic acids is 2. The molecule has 0 N–H and O–H groups in total. The molecule has 0 aromatic heterocycles. The van der Waals surface area contributed by atoms with E-state index in [1.165, 1.54) is 13.0 Å². The van der Waals surface area contributed by atoms with Gasteiger partial charge in [0.25, 0.3) is 0 Å². The first kappa shape index (κ1) is 14.2. The van der Waals surface area contributed by atoms with E-state index in [9.17, 15) is 9.59 Å². The highest BCUT2D eigenvalue weighted by Crippen LogP contribution is 2.39. The molecule has 108 valence electrons. The van der Waals surface area contributed by atoms with Crippen LogP contribution in [0.4, 0.5) is 0 Å². The predicted molar refractivity (Wildman–Crippen MR) is 87.4 cm³/mol. The van der Waals surface area contributed by atoms with Crippen molar-refractivity contribution in [2.45, 2.75) is 12.8 Å². The third-order valence-corrected chi connectivity index (χ3v) is 3.85. The van der Waals surface area contributed by atoms with E-state index in [4.69, 9.17) is 0 Å². The van der Waals surface area contributed by atoms with Crippen molar-refractivity contribution >= 4 is 17.6 Å². The summed E-state index contributed by atoms with van der Waals surface area (Å²) in [4.78, 5) is 24.3. The summed E-state index contributed by atoms with van der Waals surface area (Å²) in [5.74, 6) is -0.409. The van der Waals surface area contributed by atoms with Crippen LogP contribution in [-0.2, 0) is 9.59 Å². The van der Waals surface area contributed by atoms with Gasteiger partial charge in [-0.3, -0.25) is 9.59 Å². The fraction of sp³-hybridized carbons (Fsp3) is 0.100. The Bertz CT molecular complexity index is 768. The van der Waals surface area contributed by atoms with Gasteiger partial charge in [0.05, 0.1) is 0 Å². The van der Waals surface area contributed by atoms with Crippen LogP contribution < -0.4 is 0 Å². The number of rotatable bonds is 3. The molecule has 0 unspecified atom stereocenters. The van der Waals surface area contributed by atoms with Gasteiger partial charge in [-0.15, -0.1) is 0 Å². The van der Waals surface area contributed by atoms with Gasteiger partial charge in [-0.25, -0.2) is 0 Å². The zero-order chi connectivity index (χ0) is 15.5. The van der Waals surface area contributed by atoms with Crippen molar-refractivity contribution in [3.63, 3.8) is 0 Å². The monoisotopic (exact) mass is 288 g/mol. The lowest BCUT2D eigenvalue weighted by Gasteiger charge is -2.15. The van der Waals surface area contributed by atoms with Crippen LogP contribution in [0.3, 0.4) is 0 Å². The van der Waals surface area contributed by atoms with Gasteiger partial charge in [-0.05, 0) is 30.2 Å². The van der Waals surface area contributed by atoms with Gasteiger partial charge in [0.1, 0.15) is 0 Å². The molecular weight excluding hydrogens is 272 g/mol. The van der Waals surface area contributed by atoms with E-state index in [2.05, 4.69) is 0 Å². The third-order valence-electron chi connectivity index (χ3n) is 3.85. The summed E-state index contributed by atoms with van der Waals surface area (Å²) in [7, 11) is 0. The summed E-state index contributed by atoms with van der Waals surface area (Å²) in [6, 6.07) is 19.4.